The standard InChI is InChI=1S/C17H25N3O6S/c1-11(2)18-17(23)12(3)26-16(22)10-20(5)27(24,25)15-8-6-14(7-9-15)19-13(4)21/h6-9,11-12H,10H2,1-5H3,(H,18,23)(H,19,21)/t12-/m0/s1. The van der Waals surface area contributed by atoms with Crippen LogP contribution in [0, 0.1) is 0 Å². The van der Waals surface area contributed by atoms with Gasteiger partial charge in [-0.1, -0.05) is 0 Å². The molecule has 27 heavy (non-hydrogen) atoms. The molecule has 0 unspecified atom stereocenters. The molecule has 1 aromatic rings. The number of esters is 1. The van der Waals surface area contributed by atoms with E-state index in [0.717, 1.165) is 4.31 Å². The summed E-state index contributed by atoms with van der Waals surface area (Å²) >= 11 is 0. The zero-order valence-corrected chi connectivity index (χ0v) is 16.8. The van der Waals surface area contributed by atoms with Crippen molar-refractivity contribution in [2.24, 2.45) is 0 Å². The fourth-order valence-electron chi connectivity index (χ4n) is 2.05. The Morgan fingerprint density at radius 1 is 1.11 bits per heavy atom. The largest absolute Gasteiger partial charge is 0.452 e. The van der Waals surface area contributed by atoms with Crippen LogP contribution < -0.4 is 10.6 Å². The van der Waals surface area contributed by atoms with Gasteiger partial charge in [0.2, 0.25) is 15.9 Å². The van der Waals surface area contributed by atoms with Crippen LogP contribution in [-0.2, 0) is 29.1 Å². The van der Waals surface area contributed by atoms with Crippen molar-refractivity contribution >= 4 is 33.5 Å². The van der Waals surface area contributed by atoms with Crippen molar-refractivity contribution in [2.75, 3.05) is 18.9 Å². The van der Waals surface area contributed by atoms with Crippen LogP contribution in [0.15, 0.2) is 29.2 Å². The maximum Gasteiger partial charge on any atom is 0.322 e. The first-order valence-corrected chi connectivity index (χ1v) is 9.71. The molecule has 1 aromatic carbocycles. The van der Waals surface area contributed by atoms with Crippen LogP contribution in [0.25, 0.3) is 0 Å². The molecule has 0 saturated carbocycles. The van der Waals surface area contributed by atoms with Gasteiger partial charge in [-0.25, -0.2) is 8.42 Å². The van der Waals surface area contributed by atoms with E-state index < -0.39 is 34.5 Å². The molecule has 0 radical (unpaired) electrons. The Kier molecular flexibility index (Phi) is 7.92. The van der Waals surface area contributed by atoms with E-state index >= 15 is 0 Å². The van der Waals surface area contributed by atoms with Crippen LogP contribution in [0.5, 0.6) is 0 Å². The smallest absolute Gasteiger partial charge is 0.322 e. The molecule has 1 rings (SSSR count). The summed E-state index contributed by atoms with van der Waals surface area (Å²) in [6.45, 7) is 5.74. The summed E-state index contributed by atoms with van der Waals surface area (Å²) in [5, 5.41) is 5.13. The quantitative estimate of drug-likeness (QED) is 0.621. The first-order valence-electron chi connectivity index (χ1n) is 8.27. The van der Waals surface area contributed by atoms with Gasteiger partial charge in [-0.05, 0) is 45.0 Å². The Morgan fingerprint density at radius 2 is 1.67 bits per heavy atom. The number of nitrogens with one attached hydrogen (secondary N) is 2. The summed E-state index contributed by atoms with van der Waals surface area (Å²) in [6.07, 6.45) is -1.03. The molecular weight excluding hydrogens is 374 g/mol. The SMILES string of the molecule is CC(=O)Nc1ccc(S(=O)(=O)N(C)CC(=O)O[C@@H](C)C(=O)NC(C)C)cc1. The number of nitrogens with zero attached hydrogens (tertiary/aromatic N) is 1. The minimum atomic E-state index is -3.94. The van der Waals surface area contributed by atoms with Crippen molar-refractivity contribution in [3.05, 3.63) is 24.3 Å². The molecule has 0 bridgehead atoms. The predicted molar refractivity (Wildman–Crippen MR) is 99.4 cm³/mol. The number of benzene rings is 1. The van der Waals surface area contributed by atoms with Crippen molar-refractivity contribution in [2.45, 2.75) is 44.7 Å². The summed E-state index contributed by atoms with van der Waals surface area (Å²) in [7, 11) is -2.70. The molecule has 2 amide bonds. The molecule has 0 saturated heterocycles. The number of sulfonamides is 1. The van der Waals surface area contributed by atoms with E-state index in [4.69, 9.17) is 4.74 Å². The number of anilines is 1. The van der Waals surface area contributed by atoms with E-state index in [-0.39, 0.29) is 16.8 Å². The second-order valence-corrected chi connectivity index (χ2v) is 8.31. The number of rotatable bonds is 8. The van der Waals surface area contributed by atoms with E-state index in [9.17, 15) is 22.8 Å². The minimum absolute atomic E-state index is 0.0440. The lowest BCUT2D eigenvalue weighted by molar-refractivity contribution is -0.154. The Labute approximate surface area is 159 Å². The number of amides is 2. The first kappa shape index (κ1) is 22.6. The van der Waals surface area contributed by atoms with E-state index in [1.807, 2.05) is 0 Å². The maximum atomic E-state index is 12.5. The zero-order valence-electron chi connectivity index (χ0n) is 16.0. The fourth-order valence-corrected chi connectivity index (χ4v) is 3.17. The summed E-state index contributed by atoms with van der Waals surface area (Å²) in [5.74, 6) is -1.58. The molecule has 0 aliphatic heterocycles. The summed E-state index contributed by atoms with van der Waals surface area (Å²) < 4.78 is 30.8. The average molecular weight is 399 g/mol. The molecule has 150 valence electrons. The van der Waals surface area contributed by atoms with Crippen molar-refractivity contribution in [1.82, 2.24) is 9.62 Å². The number of carbonyl (C=O) groups excluding carboxylic acids is 3. The lowest BCUT2D eigenvalue weighted by Crippen LogP contribution is -2.41. The van der Waals surface area contributed by atoms with Crippen molar-refractivity contribution in [3.8, 4) is 0 Å². The number of hydrogen-bond donors (Lipinski definition) is 2. The van der Waals surface area contributed by atoms with Crippen LogP contribution in [0.1, 0.15) is 27.7 Å². The van der Waals surface area contributed by atoms with E-state index in [0.29, 0.717) is 5.69 Å². The van der Waals surface area contributed by atoms with Gasteiger partial charge in [0.15, 0.2) is 6.10 Å². The lowest BCUT2D eigenvalue weighted by Gasteiger charge is -2.19. The third kappa shape index (κ3) is 6.99. The van der Waals surface area contributed by atoms with Crippen molar-refractivity contribution in [1.29, 1.82) is 0 Å². The number of likely N-dealkylation sites (N-methyl/N-ethyl adjacent to an activating group) is 1. The second-order valence-electron chi connectivity index (χ2n) is 6.26. The Morgan fingerprint density at radius 3 is 2.15 bits per heavy atom. The van der Waals surface area contributed by atoms with Crippen LogP contribution >= 0.6 is 0 Å². The van der Waals surface area contributed by atoms with Crippen molar-refractivity contribution < 1.29 is 27.5 Å². The molecule has 0 spiro atoms. The summed E-state index contributed by atoms with van der Waals surface area (Å²) in [6, 6.07) is 5.42. The third-order valence-electron chi connectivity index (χ3n) is 3.34. The van der Waals surface area contributed by atoms with Gasteiger partial charge in [0, 0.05) is 25.7 Å². The fraction of sp³-hybridized carbons (Fsp3) is 0.471. The van der Waals surface area contributed by atoms with E-state index in [1.54, 1.807) is 13.8 Å². The monoisotopic (exact) mass is 399 g/mol. The zero-order chi connectivity index (χ0) is 20.8. The Balaban J connectivity index is 2.74. The highest BCUT2D eigenvalue weighted by atomic mass is 32.2. The molecule has 0 aromatic heterocycles. The third-order valence-corrected chi connectivity index (χ3v) is 5.16. The molecular formula is C17H25N3O6S. The topological polar surface area (TPSA) is 122 Å². The molecule has 0 fully saturated rings. The van der Waals surface area contributed by atoms with Gasteiger partial charge in [0.1, 0.15) is 6.54 Å². The number of carbonyl (C=O) groups is 3. The highest BCUT2D eigenvalue weighted by molar-refractivity contribution is 7.89. The van der Waals surface area contributed by atoms with Crippen molar-refractivity contribution in [3.63, 3.8) is 0 Å². The molecule has 9 nitrogen and oxygen atoms in total. The molecule has 0 aliphatic rings. The Hall–Kier alpha value is -2.46. The highest BCUT2D eigenvalue weighted by Crippen LogP contribution is 2.17. The lowest BCUT2D eigenvalue weighted by atomic mass is 10.3. The predicted octanol–water partition coefficient (Wildman–Crippen LogP) is 0.722. The van der Waals surface area contributed by atoms with Gasteiger partial charge in [-0.15, -0.1) is 0 Å². The average Bonchev–Trinajstić information content (AvgIpc) is 2.53. The van der Waals surface area contributed by atoms with Gasteiger partial charge in [-0.2, -0.15) is 4.31 Å². The van der Waals surface area contributed by atoms with E-state index in [1.165, 1.54) is 45.2 Å². The van der Waals surface area contributed by atoms with E-state index in [2.05, 4.69) is 10.6 Å². The summed E-state index contributed by atoms with van der Waals surface area (Å²) in [4.78, 5) is 34.7. The van der Waals surface area contributed by atoms with Crippen LogP contribution in [-0.4, -0.2) is 56.2 Å². The molecule has 0 heterocycles. The number of ether oxygens (including phenoxy) is 1. The Bertz CT molecular complexity index is 789. The summed E-state index contributed by atoms with van der Waals surface area (Å²) in [5.41, 5.74) is 0.452. The van der Waals surface area contributed by atoms with Crippen LogP contribution in [0.2, 0.25) is 0 Å². The first-order chi connectivity index (χ1) is 12.4. The van der Waals surface area contributed by atoms with Crippen LogP contribution in [0.3, 0.4) is 0 Å². The van der Waals surface area contributed by atoms with Gasteiger partial charge < -0.3 is 15.4 Å². The molecule has 2 N–H and O–H groups in total. The van der Waals surface area contributed by atoms with Gasteiger partial charge in [0.25, 0.3) is 5.91 Å². The van der Waals surface area contributed by atoms with Gasteiger partial charge >= 0.3 is 5.97 Å². The maximum absolute atomic E-state index is 12.5. The van der Waals surface area contributed by atoms with Gasteiger partial charge in [-0.3, -0.25) is 14.4 Å². The second kappa shape index (κ2) is 9.47. The van der Waals surface area contributed by atoms with Gasteiger partial charge in [0.05, 0.1) is 4.90 Å². The number of hydrogen-bond acceptors (Lipinski definition) is 6. The molecule has 10 heteroatoms. The minimum Gasteiger partial charge on any atom is -0.452 e. The van der Waals surface area contributed by atoms with Crippen LogP contribution in [0.4, 0.5) is 5.69 Å². The molecule has 0 aliphatic carbocycles. The highest BCUT2D eigenvalue weighted by Gasteiger charge is 2.25. The normalized spacial score (nSPS) is 12.6. The molecule has 1 atom stereocenters.